The Morgan fingerprint density at radius 1 is 1.05 bits per heavy atom. The van der Waals surface area contributed by atoms with E-state index in [9.17, 15) is 14.4 Å². The number of hydrogen-bond acceptors (Lipinski definition) is 5. The Morgan fingerprint density at radius 3 is 2.10 bits per heavy atom. The van der Waals surface area contributed by atoms with E-state index < -0.39 is 17.7 Å². The monoisotopic (exact) mass is 290 g/mol. The molecule has 7 nitrogen and oxygen atoms in total. The molecule has 0 spiro atoms. The van der Waals surface area contributed by atoms with Crippen LogP contribution < -0.4 is 16.8 Å². The summed E-state index contributed by atoms with van der Waals surface area (Å²) in [7, 11) is 0. The second-order valence-electron chi connectivity index (χ2n) is 3.86. The molecule has 1 aromatic heterocycles. The Labute approximate surface area is 117 Å². The van der Waals surface area contributed by atoms with Gasteiger partial charge in [-0.25, -0.2) is 4.98 Å². The van der Waals surface area contributed by atoms with Gasteiger partial charge in [0.1, 0.15) is 5.69 Å². The molecule has 0 bridgehead atoms. The highest BCUT2D eigenvalue weighted by atomic mass is 32.1. The average Bonchev–Trinajstić information content (AvgIpc) is 2.92. The number of primary amides is 2. The summed E-state index contributed by atoms with van der Waals surface area (Å²) in [6.07, 6.45) is 0. The van der Waals surface area contributed by atoms with Crippen molar-refractivity contribution in [3.63, 3.8) is 0 Å². The van der Waals surface area contributed by atoms with Gasteiger partial charge in [0.15, 0.2) is 0 Å². The zero-order valence-corrected chi connectivity index (χ0v) is 10.9. The number of thiazole rings is 1. The highest BCUT2D eigenvalue weighted by Crippen LogP contribution is 2.16. The van der Waals surface area contributed by atoms with E-state index in [0.717, 1.165) is 0 Å². The maximum atomic E-state index is 11.8. The first-order valence-electron chi connectivity index (χ1n) is 5.41. The summed E-state index contributed by atoms with van der Waals surface area (Å²) in [5.74, 6) is -1.90. The van der Waals surface area contributed by atoms with Crippen LogP contribution in [0.25, 0.3) is 0 Å². The van der Waals surface area contributed by atoms with Crippen molar-refractivity contribution in [2.24, 2.45) is 11.5 Å². The number of hydrogen-bond donors (Lipinski definition) is 3. The number of aromatic nitrogens is 1. The zero-order chi connectivity index (χ0) is 14.7. The van der Waals surface area contributed by atoms with Crippen molar-refractivity contribution in [3.05, 3.63) is 45.9 Å². The molecule has 8 heteroatoms. The van der Waals surface area contributed by atoms with Crippen molar-refractivity contribution >= 4 is 34.7 Å². The molecule has 1 heterocycles. The predicted octanol–water partition coefficient (Wildman–Crippen LogP) is 0.593. The molecule has 2 aromatic rings. The van der Waals surface area contributed by atoms with E-state index in [1.54, 1.807) is 5.38 Å². The molecule has 0 atom stereocenters. The lowest BCUT2D eigenvalue weighted by atomic mass is 10.1. The molecular weight excluding hydrogens is 280 g/mol. The summed E-state index contributed by atoms with van der Waals surface area (Å²) in [5, 5.41) is 4.10. The molecule has 0 radical (unpaired) electrons. The van der Waals surface area contributed by atoms with Gasteiger partial charge in [-0.05, 0) is 18.2 Å². The van der Waals surface area contributed by atoms with Crippen LogP contribution in [0.1, 0.15) is 31.2 Å². The lowest BCUT2D eigenvalue weighted by Crippen LogP contribution is -2.18. The smallest absolute Gasteiger partial charge is 0.275 e. The minimum absolute atomic E-state index is 0.0786. The van der Waals surface area contributed by atoms with Crippen LogP contribution in [-0.2, 0) is 0 Å². The summed E-state index contributed by atoms with van der Waals surface area (Å²) < 4.78 is 0. The van der Waals surface area contributed by atoms with Crippen molar-refractivity contribution in [1.29, 1.82) is 0 Å². The first-order valence-corrected chi connectivity index (χ1v) is 6.36. The summed E-state index contributed by atoms with van der Waals surface area (Å²) in [5.41, 5.74) is 12.5. The number of nitrogens with zero attached hydrogens (tertiary/aromatic N) is 1. The van der Waals surface area contributed by atoms with Gasteiger partial charge in [-0.15, -0.1) is 11.3 Å². The normalized spacial score (nSPS) is 10.0. The minimum atomic E-state index is -0.725. The quantitative estimate of drug-likeness (QED) is 0.761. The number of nitrogens with one attached hydrogen (secondary N) is 1. The molecule has 3 amide bonds. The number of rotatable bonds is 4. The molecule has 0 aliphatic heterocycles. The Bertz CT molecular complexity index is 650. The molecule has 0 aliphatic carbocycles. The van der Waals surface area contributed by atoms with Crippen LogP contribution in [0.3, 0.4) is 0 Å². The highest BCUT2D eigenvalue weighted by Gasteiger charge is 2.12. The van der Waals surface area contributed by atoms with Crippen LogP contribution in [0, 0.1) is 0 Å². The molecule has 2 rings (SSSR count). The van der Waals surface area contributed by atoms with E-state index in [1.165, 1.54) is 35.0 Å². The van der Waals surface area contributed by atoms with Crippen molar-refractivity contribution in [3.8, 4) is 0 Å². The zero-order valence-electron chi connectivity index (χ0n) is 10.1. The van der Waals surface area contributed by atoms with E-state index in [2.05, 4.69) is 10.3 Å². The van der Waals surface area contributed by atoms with Gasteiger partial charge in [-0.2, -0.15) is 0 Å². The molecule has 20 heavy (non-hydrogen) atoms. The predicted molar refractivity (Wildman–Crippen MR) is 73.5 cm³/mol. The Morgan fingerprint density at radius 2 is 1.65 bits per heavy atom. The van der Waals surface area contributed by atoms with Gasteiger partial charge in [-0.3, -0.25) is 14.4 Å². The number of nitrogens with two attached hydrogens (primary N) is 2. The minimum Gasteiger partial charge on any atom is -0.366 e. The third kappa shape index (κ3) is 2.98. The molecule has 102 valence electrons. The fourth-order valence-corrected chi connectivity index (χ4v) is 2.04. The second kappa shape index (κ2) is 5.49. The summed E-state index contributed by atoms with van der Waals surface area (Å²) in [6.45, 7) is 0. The number of benzene rings is 1. The van der Waals surface area contributed by atoms with Crippen LogP contribution in [0.4, 0.5) is 5.69 Å². The van der Waals surface area contributed by atoms with Crippen LogP contribution in [0.5, 0.6) is 0 Å². The largest absolute Gasteiger partial charge is 0.366 e. The SMILES string of the molecule is NC(=O)c1cc(NC(=O)c2cscn2)cc(C(N)=O)c1. The fourth-order valence-electron chi connectivity index (χ4n) is 1.50. The summed E-state index contributed by atoms with van der Waals surface area (Å²) in [4.78, 5) is 38.1. The van der Waals surface area contributed by atoms with Gasteiger partial charge >= 0.3 is 0 Å². The molecule has 0 fully saturated rings. The maximum Gasteiger partial charge on any atom is 0.275 e. The van der Waals surface area contributed by atoms with E-state index in [0.29, 0.717) is 0 Å². The van der Waals surface area contributed by atoms with E-state index in [1.807, 2.05) is 0 Å². The van der Waals surface area contributed by atoms with Crippen molar-refractivity contribution in [1.82, 2.24) is 4.98 Å². The molecule has 0 saturated carbocycles. The molecule has 0 aliphatic rings. The van der Waals surface area contributed by atoms with Gasteiger partial charge in [-0.1, -0.05) is 0 Å². The standard InChI is InChI=1S/C12H10N4O3S/c13-10(17)6-1-7(11(14)18)3-8(2-6)16-12(19)9-4-20-5-15-9/h1-5H,(H2,13,17)(H2,14,18)(H,16,19). The maximum absolute atomic E-state index is 11.8. The first-order chi connectivity index (χ1) is 9.47. The van der Waals surface area contributed by atoms with Crippen LogP contribution in [-0.4, -0.2) is 22.7 Å². The third-order valence-electron chi connectivity index (χ3n) is 2.42. The fraction of sp³-hybridized carbons (Fsp3) is 0. The topological polar surface area (TPSA) is 128 Å². The number of carbonyl (C=O) groups excluding carboxylic acids is 3. The highest BCUT2D eigenvalue weighted by molar-refractivity contribution is 7.07. The van der Waals surface area contributed by atoms with E-state index >= 15 is 0 Å². The number of anilines is 1. The Balaban J connectivity index is 2.33. The van der Waals surface area contributed by atoms with Crippen molar-refractivity contribution < 1.29 is 14.4 Å². The van der Waals surface area contributed by atoms with Gasteiger partial charge in [0.2, 0.25) is 11.8 Å². The van der Waals surface area contributed by atoms with Crippen LogP contribution >= 0.6 is 11.3 Å². The summed E-state index contributed by atoms with van der Waals surface area (Å²) >= 11 is 1.27. The van der Waals surface area contributed by atoms with Gasteiger partial charge in [0.05, 0.1) is 5.51 Å². The van der Waals surface area contributed by atoms with Crippen LogP contribution in [0.2, 0.25) is 0 Å². The van der Waals surface area contributed by atoms with Gasteiger partial charge < -0.3 is 16.8 Å². The molecular formula is C12H10N4O3S. The Hall–Kier alpha value is -2.74. The van der Waals surface area contributed by atoms with Gasteiger partial charge in [0.25, 0.3) is 5.91 Å². The third-order valence-corrected chi connectivity index (χ3v) is 3.01. The van der Waals surface area contributed by atoms with E-state index in [4.69, 9.17) is 11.5 Å². The molecule has 5 N–H and O–H groups in total. The number of carbonyl (C=O) groups is 3. The van der Waals surface area contributed by atoms with Gasteiger partial charge in [0, 0.05) is 22.2 Å². The summed E-state index contributed by atoms with van der Waals surface area (Å²) in [6, 6.07) is 3.99. The molecule has 0 unspecified atom stereocenters. The lowest BCUT2D eigenvalue weighted by Gasteiger charge is -2.07. The number of amides is 3. The Kier molecular flexibility index (Phi) is 3.76. The van der Waals surface area contributed by atoms with E-state index in [-0.39, 0.29) is 22.5 Å². The molecule has 0 saturated heterocycles. The second-order valence-corrected chi connectivity index (χ2v) is 4.57. The first kappa shape index (κ1) is 13.7. The van der Waals surface area contributed by atoms with Crippen molar-refractivity contribution in [2.45, 2.75) is 0 Å². The molecule has 1 aromatic carbocycles. The van der Waals surface area contributed by atoms with Crippen LogP contribution in [0.15, 0.2) is 29.1 Å². The van der Waals surface area contributed by atoms with Crippen molar-refractivity contribution in [2.75, 3.05) is 5.32 Å². The average molecular weight is 290 g/mol. The lowest BCUT2D eigenvalue weighted by molar-refractivity contribution is 0.0993.